The first kappa shape index (κ1) is 23.7. The van der Waals surface area contributed by atoms with Crippen molar-refractivity contribution < 1.29 is 19.4 Å². The van der Waals surface area contributed by atoms with Gasteiger partial charge in [-0.2, -0.15) is 0 Å². The number of ether oxygens (including phenoxy) is 1. The zero-order chi connectivity index (χ0) is 24.5. The Kier molecular flexibility index (Phi) is 6.57. The molecule has 4 rings (SSSR count). The van der Waals surface area contributed by atoms with Gasteiger partial charge in [0.1, 0.15) is 11.5 Å². The summed E-state index contributed by atoms with van der Waals surface area (Å²) in [7, 11) is 0. The molecular formula is C27H28N2O4S. The van der Waals surface area contributed by atoms with Gasteiger partial charge in [0.2, 0.25) is 0 Å². The Hall–Kier alpha value is -3.45. The fourth-order valence-corrected chi connectivity index (χ4v) is 4.91. The maximum absolute atomic E-state index is 13.2. The largest absolute Gasteiger partial charge is 0.507 e. The van der Waals surface area contributed by atoms with Crippen LogP contribution in [0.4, 0.5) is 0 Å². The van der Waals surface area contributed by atoms with E-state index in [1.54, 1.807) is 30.6 Å². The normalized spacial score (nSPS) is 17.9. The Balaban J connectivity index is 1.87. The van der Waals surface area contributed by atoms with Crippen molar-refractivity contribution in [1.82, 2.24) is 9.88 Å². The number of amides is 1. The molecule has 1 aliphatic heterocycles. The highest BCUT2D eigenvalue weighted by Crippen LogP contribution is 2.41. The third-order valence-electron chi connectivity index (χ3n) is 5.83. The number of benzene rings is 1. The Morgan fingerprint density at radius 1 is 1.15 bits per heavy atom. The molecule has 7 heteroatoms. The van der Waals surface area contributed by atoms with Gasteiger partial charge in [0.25, 0.3) is 11.7 Å². The van der Waals surface area contributed by atoms with E-state index in [-0.39, 0.29) is 23.3 Å². The number of carbonyl (C=O) groups is 2. The SMILES string of the molecule is CCOc1ccc(/C(O)=C2/C(=O)C(=O)N(Cc3cccs3)C2c2ccncc2)cc1C(C)(C)C. The molecule has 1 N–H and O–H groups in total. The lowest BCUT2D eigenvalue weighted by molar-refractivity contribution is -0.140. The van der Waals surface area contributed by atoms with Crippen molar-refractivity contribution in [2.45, 2.75) is 45.7 Å². The van der Waals surface area contributed by atoms with Crippen molar-refractivity contribution in [3.63, 3.8) is 0 Å². The summed E-state index contributed by atoms with van der Waals surface area (Å²) < 4.78 is 5.80. The van der Waals surface area contributed by atoms with Gasteiger partial charge >= 0.3 is 0 Å². The van der Waals surface area contributed by atoms with Gasteiger partial charge in [-0.1, -0.05) is 26.8 Å². The molecule has 0 radical (unpaired) electrons. The molecular weight excluding hydrogens is 448 g/mol. The highest BCUT2D eigenvalue weighted by molar-refractivity contribution is 7.09. The summed E-state index contributed by atoms with van der Waals surface area (Å²) in [6, 6.07) is 12.0. The molecule has 3 aromatic rings. The smallest absolute Gasteiger partial charge is 0.295 e. The van der Waals surface area contributed by atoms with Crippen LogP contribution in [0.5, 0.6) is 5.75 Å². The molecule has 1 aliphatic rings. The van der Waals surface area contributed by atoms with E-state index in [1.807, 2.05) is 36.6 Å². The van der Waals surface area contributed by atoms with E-state index in [0.717, 1.165) is 16.2 Å². The minimum Gasteiger partial charge on any atom is -0.507 e. The van der Waals surface area contributed by atoms with Crippen molar-refractivity contribution in [2.24, 2.45) is 0 Å². The number of pyridine rings is 1. The first-order valence-electron chi connectivity index (χ1n) is 11.2. The number of hydrogen-bond acceptors (Lipinski definition) is 6. The zero-order valence-corrected chi connectivity index (χ0v) is 20.6. The fourth-order valence-electron chi connectivity index (χ4n) is 4.21. The summed E-state index contributed by atoms with van der Waals surface area (Å²) in [6.45, 7) is 8.90. The second kappa shape index (κ2) is 9.43. The summed E-state index contributed by atoms with van der Waals surface area (Å²) >= 11 is 1.52. The van der Waals surface area contributed by atoms with Crippen LogP contribution in [-0.2, 0) is 21.5 Å². The number of nitrogens with zero attached hydrogens (tertiary/aromatic N) is 2. The van der Waals surface area contributed by atoms with Crippen molar-refractivity contribution in [3.05, 3.63) is 87.4 Å². The number of thiophene rings is 1. The minimum absolute atomic E-state index is 0.0803. The van der Waals surface area contributed by atoms with E-state index >= 15 is 0 Å². The number of aliphatic hydroxyl groups is 1. The summed E-state index contributed by atoms with van der Waals surface area (Å²) in [5.74, 6) is -0.779. The Bertz CT molecular complexity index is 1230. The van der Waals surface area contributed by atoms with Crippen LogP contribution in [0, 0.1) is 0 Å². The quantitative estimate of drug-likeness (QED) is 0.290. The first-order valence-corrected chi connectivity index (χ1v) is 12.1. The van der Waals surface area contributed by atoms with E-state index in [0.29, 0.717) is 17.7 Å². The van der Waals surface area contributed by atoms with E-state index in [2.05, 4.69) is 25.8 Å². The highest BCUT2D eigenvalue weighted by Gasteiger charge is 2.46. The van der Waals surface area contributed by atoms with Crippen LogP contribution >= 0.6 is 11.3 Å². The van der Waals surface area contributed by atoms with Crippen LogP contribution < -0.4 is 4.74 Å². The molecule has 34 heavy (non-hydrogen) atoms. The molecule has 6 nitrogen and oxygen atoms in total. The summed E-state index contributed by atoms with van der Waals surface area (Å²) in [6.07, 6.45) is 3.24. The lowest BCUT2D eigenvalue weighted by Gasteiger charge is -2.25. The van der Waals surface area contributed by atoms with Gasteiger partial charge < -0.3 is 14.7 Å². The van der Waals surface area contributed by atoms with Crippen LogP contribution in [0.3, 0.4) is 0 Å². The van der Waals surface area contributed by atoms with Crippen LogP contribution in [-0.4, -0.2) is 33.3 Å². The monoisotopic (exact) mass is 476 g/mol. The van der Waals surface area contributed by atoms with Crippen molar-refractivity contribution >= 4 is 28.8 Å². The first-order chi connectivity index (χ1) is 16.2. The summed E-state index contributed by atoms with van der Waals surface area (Å²) in [4.78, 5) is 32.9. The van der Waals surface area contributed by atoms with Crippen molar-refractivity contribution in [2.75, 3.05) is 6.61 Å². The molecule has 1 saturated heterocycles. The van der Waals surface area contributed by atoms with Crippen molar-refractivity contribution in [1.29, 1.82) is 0 Å². The second-order valence-electron chi connectivity index (χ2n) is 9.18. The fraction of sp³-hybridized carbons (Fsp3) is 0.296. The topological polar surface area (TPSA) is 79.7 Å². The maximum atomic E-state index is 13.2. The van der Waals surface area contributed by atoms with E-state index < -0.39 is 17.7 Å². The van der Waals surface area contributed by atoms with Crippen LogP contribution in [0.1, 0.15) is 55.3 Å². The number of rotatable bonds is 6. The number of aliphatic hydroxyl groups excluding tert-OH is 1. The maximum Gasteiger partial charge on any atom is 0.295 e. The summed E-state index contributed by atoms with van der Waals surface area (Å²) in [5, 5.41) is 13.4. The van der Waals surface area contributed by atoms with Gasteiger partial charge in [0.15, 0.2) is 0 Å². The predicted molar refractivity (Wildman–Crippen MR) is 133 cm³/mol. The number of carbonyl (C=O) groups excluding carboxylic acids is 2. The molecule has 0 aliphatic carbocycles. The van der Waals surface area contributed by atoms with Gasteiger partial charge in [-0.3, -0.25) is 14.6 Å². The minimum atomic E-state index is -0.713. The third kappa shape index (κ3) is 4.48. The molecule has 1 fully saturated rings. The average molecular weight is 477 g/mol. The molecule has 1 amide bonds. The number of hydrogen-bond donors (Lipinski definition) is 1. The van der Waals surface area contributed by atoms with Crippen molar-refractivity contribution in [3.8, 4) is 5.75 Å². The molecule has 1 unspecified atom stereocenters. The second-order valence-corrected chi connectivity index (χ2v) is 10.2. The van der Waals surface area contributed by atoms with Gasteiger partial charge in [-0.15, -0.1) is 11.3 Å². The zero-order valence-electron chi connectivity index (χ0n) is 19.7. The van der Waals surface area contributed by atoms with Crippen LogP contribution in [0.25, 0.3) is 5.76 Å². The molecule has 3 heterocycles. The molecule has 176 valence electrons. The number of aromatic nitrogens is 1. The summed E-state index contributed by atoms with van der Waals surface area (Å²) in [5.41, 5.74) is 1.93. The van der Waals surface area contributed by atoms with Crippen LogP contribution in [0.2, 0.25) is 0 Å². The average Bonchev–Trinajstić information content (AvgIpc) is 3.41. The van der Waals surface area contributed by atoms with E-state index in [1.165, 1.54) is 16.2 Å². The van der Waals surface area contributed by atoms with Gasteiger partial charge in [0.05, 0.1) is 24.8 Å². The van der Waals surface area contributed by atoms with E-state index in [9.17, 15) is 14.7 Å². The highest BCUT2D eigenvalue weighted by atomic mass is 32.1. The van der Waals surface area contributed by atoms with Crippen LogP contribution in [0.15, 0.2) is 65.8 Å². The van der Waals surface area contributed by atoms with Gasteiger partial charge in [-0.05, 0) is 59.7 Å². The Morgan fingerprint density at radius 3 is 2.50 bits per heavy atom. The molecule has 1 aromatic carbocycles. The Morgan fingerprint density at radius 2 is 1.88 bits per heavy atom. The third-order valence-corrected chi connectivity index (χ3v) is 6.69. The number of ketones is 1. The molecule has 0 bridgehead atoms. The van der Waals surface area contributed by atoms with E-state index in [4.69, 9.17) is 4.74 Å². The molecule has 2 aromatic heterocycles. The van der Waals surface area contributed by atoms with Gasteiger partial charge in [0, 0.05) is 28.4 Å². The lowest BCUT2D eigenvalue weighted by Crippen LogP contribution is -2.28. The molecule has 0 spiro atoms. The Labute approximate surface area is 203 Å². The molecule has 0 saturated carbocycles. The molecule has 1 atom stereocenters. The number of Topliss-reactive ketones (excluding diaryl/α,β-unsaturated/α-hetero) is 1. The standard InChI is InChI=1S/C27H28N2O4S/c1-5-33-21-9-8-18(15-20(21)27(2,3)4)24(30)22-23(17-10-12-28-13-11-17)29(26(32)25(22)31)16-19-7-6-14-34-19/h6-15,23,30H,5,16H2,1-4H3/b24-22-. The van der Waals surface area contributed by atoms with Gasteiger partial charge in [-0.25, -0.2) is 0 Å². The number of likely N-dealkylation sites (tertiary alicyclic amines) is 1. The lowest BCUT2D eigenvalue weighted by atomic mass is 9.84. The predicted octanol–water partition coefficient (Wildman–Crippen LogP) is 5.46.